The molecule has 0 radical (unpaired) electrons. The highest BCUT2D eigenvalue weighted by molar-refractivity contribution is 6.05. The summed E-state index contributed by atoms with van der Waals surface area (Å²) in [6.45, 7) is 4.92. The molecule has 0 aliphatic heterocycles. The van der Waals surface area contributed by atoms with Gasteiger partial charge in [-0.15, -0.1) is 0 Å². The number of aryl methyl sites for hydroxylation is 1. The summed E-state index contributed by atoms with van der Waals surface area (Å²) in [5.74, 6) is 1.44. The van der Waals surface area contributed by atoms with Gasteiger partial charge in [-0.1, -0.05) is 37.6 Å². The minimum absolute atomic E-state index is 0.223. The van der Waals surface area contributed by atoms with E-state index < -0.39 is 0 Å². The molecule has 0 spiro atoms. The van der Waals surface area contributed by atoms with Crippen LogP contribution >= 0.6 is 0 Å². The number of fused-ring (bicyclic) bond motifs is 1. The average Bonchev–Trinajstić information content (AvgIpc) is 2.97. The molecule has 1 amide bonds. The Labute approximate surface area is 142 Å². The van der Waals surface area contributed by atoms with Gasteiger partial charge in [0.1, 0.15) is 5.75 Å². The molecule has 5 heteroatoms. The van der Waals surface area contributed by atoms with Gasteiger partial charge in [0.25, 0.3) is 5.91 Å². The molecular weight excluding hydrogens is 304 g/mol. The van der Waals surface area contributed by atoms with E-state index in [2.05, 4.69) is 24.3 Å². The van der Waals surface area contributed by atoms with Crippen LogP contribution < -0.4 is 10.1 Å². The number of nitrogens with one attached hydrogen (secondary N) is 1. The van der Waals surface area contributed by atoms with Gasteiger partial charge in [0.2, 0.25) is 5.88 Å². The van der Waals surface area contributed by atoms with Crippen LogP contribution in [-0.2, 0) is 12.8 Å². The van der Waals surface area contributed by atoms with Crippen molar-refractivity contribution >= 4 is 11.8 Å². The summed E-state index contributed by atoms with van der Waals surface area (Å²) < 4.78 is 11.1. The minimum Gasteiger partial charge on any atom is -0.493 e. The van der Waals surface area contributed by atoms with Crippen LogP contribution in [0.1, 0.15) is 54.7 Å². The van der Waals surface area contributed by atoms with Crippen LogP contribution in [0, 0.1) is 5.92 Å². The van der Waals surface area contributed by atoms with Crippen LogP contribution in [0.5, 0.6) is 5.75 Å². The molecule has 5 nitrogen and oxygen atoms in total. The Morgan fingerprint density at radius 1 is 1.42 bits per heavy atom. The van der Waals surface area contributed by atoms with Gasteiger partial charge < -0.3 is 9.26 Å². The second-order valence-electron chi connectivity index (χ2n) is 6.44. The Morgan fingerprint density at radius 2 is 2.25 bits per heavy atom. The third kappa shape index (κ3) is 3.61. The smallest absolute Gasteiger partial charge is 0.261 e. The van der Waals surface area contributed by atoms with Gasteiger partial charge in [-0.05, 0) is 43.7 Å². The van der Waals surface area contributed by atoms with Gasteiger partial charge in [-0.2, -0.15) is 0 Å². The fourth-order valence-corrected chi connectivity index (χ4v) is 2.96. The fraction of sp³-hybridized carbons (Fsp3) is 0.474. The van der Waals surface area contributed by atoms with E-state index in [0.717, 1.165) is 43.4 Å². The second-order valence-corrected chi connectivity index (χ2v) is 6.44. The van der Waals surface area contributed by atoms with Gasteiger partial charge in [0.05, 0.1) is 17.9 Å². The monoisotopic (exact) mass is 328 g/mol. The first-order valence-corrected chi connectivity index (χ1v) is 8.69. The number of hydrogen-bond acceptors (Lipinski definition) is 4. The summed E-state index contributed by atoms with van der Waals surface area (Å²) in [7, 11) is 0. The van der Waals surface area contributed by atoms with Gasteiger partial charge >= 0.3 is 0 Å². The number of unbranched alkanes of at least 4 members (excludes halogenated alkanes) is 1. The molecule has 2 aromatic rings. The van der Waals surface area contributed by atoms with Gasteiger partial charge in [-0.25, -0.2) is 0 Å². The molecule has 24 heavy (non-hydrogen) atoms. The molecule has 0 unspecified atom stereocenters. The van der Waals surface area contributed by atoms with Gasteiger partial charge in [-0.3, -0.25) is 10.1 Å². The van der Waals surface area contributed by atoms with E-state index in [1.807, 2.05) is 18.2 Å². The summed E-state index contributed by atoms with van der Waals surface area (Å²) in [6.07, 6.45) is 4.93. The molecule has 1 aromatic carbocycles. The molecule has 1 N–H and O–H groups in total. The number of aromatic nitrogens is 1. The molecule has 0 saturated heterocycles. The summed E-state index contributed by atoms with van der Waals surface area (Å²) in [5, 5.41) is 6.97. The van der Waals surface area contributed by atoms with Crippen LogP contribution in [0.3, 0.4) is 0 Å². The van der Waals surface area contributed by atoms with E-state index in [1.165, 1.54) is 0 Å². The largest absolute Gasteiger partial charge is 0.493 e. The highest BCUT2D eigenvalue weighted by atomic mass is 16.5. The maximum Gasteiger partial charge on any atom is 0.261 e. The molecule has 1 aliphatic carbocycles. The van der Waals surface area contributed by atoms with Crippen LogP contribution in [0.15, 0.2) is 28.8 Å². The Balaban J connectivity index is 1.75. The summed E-state index contributed by atoms with van der Waals surface area (Å²) in [6, 6.07) is 7.29. The number of benzene rings is 1. The van der Waals surface area contributed by atoms with E-state index in [4.69, 9.17) is 9.26 Å². The van der Waals surface area contributed by atoms with Crippen LogP contribution in [-0.4, -0.2) is 17.7 Å². The minimum atomic E-state index is -0.223. The number of amides is 1. The zero-order valence-electron chi connectivity index (χ0n) is 14.3. The Kier molecular flexibility index (Phi) is 5.18. The summed E-state index contributed by atoms with van der Waals surface area (Å²) in [5.41, 5.74) is 2.52. The van der Waals surface area contributed by atoms with Gasteiger partial charge in [0, 0.05) is 5.56 Å². The lowest BCUT2D eigenvalue weighted by Gasteiger charge is -2.17. The van der Waals surface area contributed by atoms with Crippen molar-refractivity contribution in [3.63, 3.8) is 0 Å². The first-order valence-electron chi connectivity index (χ1n) is 8.69. The van der Waals surface area contributed by atoms with Gasteiger partial charge in [0.15, 0.2) is 0 Å². The van der Waals surface area contributed by atoms with Crippen molar-refractivity contribution in [1.29, 1.82) is 0 Å². The van der Waals surface area contributed by atoms with Crippen LogP contribution in [0.2, 0.25) is 0 Å². The fourth-order valence-electron chi connectivity index (χ4n) is 2.96. The SMILES string of the molecule is CCCCOc1ccccc1C(=O)Nc1onc2c1C[C@@H](C)CC2. The Hall–Kier alpha value is -2.30. The number of ether oxygens (including phenoxy) is 1. The first kappa shape index (κ1) is 16.6. The molecule has 1 atom stereocenters. The number of rotatable bonds is 6. The van der Waals surface area contributed by atoms with E-state index in [-0.39, 0.29) is 5.91 Å². The van der Waals surface area contributed by atoms with E-state index in [1.54, 1.807) is 6.07 Å². The molecule has 0 saturated carbocycles. The standard InChI is InChI=1S/C19H24N2O3/c1-3-4-11-23-17-8-6-5-7-14(17)18(22)20-19-15-12-13(2)9-10-16(15)21-24-19/h5-8,13H,3-4,9-12H2,1-2H3,(H,20,22)/t13-/m0/s1. The van der Waals surface area contributed by atoms with E-state index in [0.29, 0.717) is 29.7 Å². The highest BCUT2D eigenvalue weighted by Gasteiger charge is 2.25. The molecular formula is C19H24N2O3. The lowest BCUT2D eigenvalue weighted by molar-refractivity contribution is 0.101. The van der Waals surface area contributed by atoms with Crippen molar-refractivity contribution in [3.05, 3.63) is 41.1 Å². The van der Waals surface area contributed by atoms with Crippen molar-refractivity contribution in [3.8, 4) is 5.75 Å². The number of carbonyl (C=O) groups is 1. The number of carbonyl (C=O) groups excluding carboxylic acids is 1. The first-order chi connectivity index (χ1) is 11.7. The molecule has 1 aromatic heterocycles. The third-order valence-corrected chi connectivity index (χ3v) is 4.41. The summed E-state index contributed by atoms with van der Waals surface area (Å²) >= 11 is 0. The molecule has 1 aliphatic rings. The second kappa shape index (κ2) is 7.51. The lowest BCUT2D eigenvalue weighted by Crippen LogP contribution is -2.16. The number of hydrogen-bond donors (Lipinski definition) is 1. The quantitative estimate of drug-likeness (QED) is 0.806. The predicted octanol–water partition coefficient (Wildman–Crippen LogP) is 4.23. The van der Waals surface area contributed by atoms with E-state index >= 15 is 0 Å². The normalized spacial score (nSPS) is 16.5. The van der Waals surface area contributed by atoms with Crippen molar-refractivity contribution < 1.29 is 14.1 Å². The van der Waals surface area contributed by atoms with Crippen LogP contribution in [0.25, 0.3) is 0 Å². The topological polar surface area (TPSA) is 64.4 Å². The van der Waals surface area contributed by atoms with Crippen molar-refractivity contribution in [1.82, 2.24) is 5.16 Å². The lowest BCUT2D eigenvalue weighted by atomic mass is 9.89. The molecule has 128 valence electrons. The van der Waals surface area contributed by atoms with E-state index in [9.17, 15) is 4.79 Å². The maximum atomic E-state index is 12.7. The van der Waals surface area contributed by atoms with Crippen LogP contribution in [0.4, 0.5) is 5.88 Å². The zero-order chi connectivity index (χ0) is 16.9. The maximum absolute atomic E-state index is 12.7. The number of para-hydroxylation sites is 1. The molecule has 1 heterocycles. The highest BCUT2D eigenvalue weighted by Crippen LogP contribution is 2.31. The number of anilines is 1. The zero-order valence-corrected chi connectivity index (χ0v) is 14.3. The third-order valence-electron chi connectivity index (χ3n) is 4.41. The van der Waals surface area contributed by atoms with Crippen molar-refractivity contribution in [2.24, 2.45) is 5.92 Å². The Bertz CT molecular complexity index is 708. The Morgan fingerprint density at radius 3 is 3.08 bits per heavy atom. The molecule has 0 bridgehead atoms. The molecule has 3 rings (SSSR count). The van der Waals surface area contributed by atoms with Crippen molar-refractivity contribution in [2.75, 3.05) is 11.9 Å². The van der Waals surface area contributed by atoms with Crippen molar-refractivity contribution in [2.45, 2.75) is 46.0 Å². The predicted molar refractivity (Wildman–Crippen MR) is 92.5 cm³/mol. The molecule has 0 fully saturated rings. The average molecular weight is 328 g/mol. The number of nitrogens with zero attached hydrogens (tertiary/aromatic N) is 1. The summed E-state index contributed by atoms with van der Waals surface area (Å²) in [4.78, 5) is 12.7.